The van der Waals surface area contributed by atoms with Crippen molar-refractivity contribution in [2.45, 2.75) is 46.0 Å². The summed E-state index contributed by atoms with van der Waals surface area (Å²) in [6, 6.07) is 10.8. The summed E-state index contributed by atoms with van der Waals surface area (Å²) in [7, 11) is 0. The highest BCUT2D eigenvalue weighted by atomic mass is 15.1. The molecule has 1 aromatic carbocycles. The molecule has 0 fully saturated rings. The van der Waals surface area contributed by atoms with Crippen molar-refractivity contribution in [2.24, 2.45) is 0 Å². The Kier molecular flexibility index (Phi) is 7.74. The van der Waals surface area contributed by atoms with Gasteiger partial charge >= 0.3 is 0 Å². The van der Waals surface area contributed by atoms with Crippen LogP contribution in [0.4, 0.5) is 0 Å². The average Bonchev–Trinajstić information content (AvgIpc) is 2.36. The van der Waals surface area contributed by atoms with Gasteiger partial charge in [0.15, 0.2) is 0 Å². The fourth-order valence-corrected chi connectivity index (χ4v) is 2.28. The van der Waals surface area contributed by atoms with Gasteiger partial charge in [-0.15, -0.1) is 0 Å². The molecule has 0 aliphatic heterocycles. The first kappa shape index (κ1) is 14.2. The van der Waals surface area contributed by atoms with Crippen molar-refractivity contribution < 1.29 is 0 Å². The van der Waals surface area contributed by atoms with E-state index >= 15 is 0 Å². The first-order chi connectivity index (χ1) is 8.36. The van der Waals surface area contributed by atoms with Crippen LogP contribution in [0.1, 0.15) is 45.1 Å². The van der Waals surface area contributed by atoms with E-state index in [-0.39, 0.29) is 0 Å². The highest BCUT2D eigenvalue weighted by Gasteiger charge is 2.01. The molecular formula is C16H27N. The Morgan fingerprint density at radius 1 is 0.824 bits per heavy atom. The first-order valence-electron chi connectivity index (χ1n) is 7.13. The van der Waals surface area contributed by atoms with Crippen LogP contribution in [-0.2, 0) is 6.42 Å². The lowest BCUT2D eigenvalue weighted by Gasteiger charge is -2.20. The van der Waals surface area contributed by atoms with Gasteiger partial charge in [0.1, 0.15) is 0 Å². The zero-order valence-electron chi connectivity index (χ0n) is 11.5. The second kappa shape index (κ2) is 9.23. The van der Waals surface area contributed by atoms with Gasteiger partial charge < -0.3 is 4.90 Å². The quantitative estimate of drug-likeness (QED) is 0.580. The number of hydrogen-bond donors (Lipinski definition) is 0. The van der Waals surface area contributed by atoms with E-state index < -0.39 is 0 Å². The van der Waals surface area contributed by atoms with E-state index in [1.807, 2.05) is 0 Å². The second-order valence-electron chi connectivity index (χ2n) is 4.78. The molecule has 0 aromatic heterocycles. The zero-order chi connectivity index (χ0) is 12.3. The molecule has 0 N–H and O–H groups in total. The van der Waals surface area contributed by atoms with Gasteiger partial charge in [-0.05, 0) is 57.3 Å². The van der Waals surface area contributed by atoms with Gasteiger partial charge in [-0.2, -0.15) is 0 Å². The molecule has 0 spiro atoms. The van der Waals surface area contributed by atoms with Crippen molar-refractivity contribution >= 4 is 0 Å². The van der Waals surface area contributed by atoms with Gasteiger partial charge in [-0.25, -0.2) is 0 Å². The molecule has 1 aromatic rings. The Labute approximate surface area is 107 Å². The molecule has 0 atom stereocenters. The number of rotatable bonds is 9. The summed E-state index contributed by atoms with van der Waals surface area (Å²) in [6.45, 7) is 8.34. The Hall–Kier alpha value is -0.820. The maximum absolute atomic E-state index is 2.60. The first-order valence-corrected chi connectivity index (χ1v) is 7.13. The molecule has 0 amide bonds. The van der Waals surface area contributed by atoms with Crippen LogP contribution < -0.4 is 0 Å². The Morgan fingerprint density at radius 3 is 2.06 bits per heavy atom. The summed E-state index contributed by atoms with van der Waals surface area (Å²) in [5.74, 6) is 0. The van der Waals surface area contributed by atoms with Gasteiger partial charge in [0.2, 0.25) is 0 Å². The van der Waals surface area contributed by atoms with Crippen LogP contribution >= 0.6 is 0 Å². The number of hydrogen-bond acceptors (Lipinski definition) is 1. The standard InChI is InChI=1S/C16H27N/c1-3-13-17(14-4-2)15-9-8-12-16-10-6-5-7-11-16/h5-7,10-11H,3-4,8-9,12-15H2,1-2H3. The Morgan fingerprint density at radius 2 is 1.47 bits per heavy atom. The minimum Gasteiger partial charge on any atom is -0.303 e. The largest absolute Gasteiger partial charge is 0.303 e. The van der Waals surface area contributed by atoms with Crippen LogP contribution in [0.5, 0.6) is 0 Å². The number of nitrogens with zero attached hydrogens (tertiary/aromatic N) is 1. The number of unbranched alkanes of at least 4 members (excludes halogenated alkanes) is 1. The summed E-state index contributed by atoms with van der Waals surface area (Å²) in [5, 5.41) is 0. The minimum absolute atomic E-state index is 1.23. The van der Waals surface area contributed by atoms with E-state index in [4.69, 9.17) is 0 Å². The van der Waals surface area contributed by atoms with E-state index in [1.54, 1.807) is 0 Å². The third-order valence-corrected chi connectivity index (χ3v) is 3.11. The lowest BCUT2D eigenvalue weighted by atomic mass is 10.1. The minimum atomic E-state index is 1.23. The third kappa shape index (κ3) is 6.48. The number of aryl methyl sites for hydroxylation is 1. The molecule has 17 heavy (non-hydrogen) atoms. The maximum Gasteiger partial charge on any atom is -0.00186 e. The monoisotopic (exact) mass is 233 g/mol. The van der Waals surface area contributed by atoms with Crippen molar-refractivity contribution in [2.75, 3.05) is 19.6 Å². The Balaban J connectivity index is 2.13. The van der Waals surface area contributed by atoms with Gasteiger partial charge in [-0.1, -0.05) is 44.2 Å². The normalized spacial score (nSPS) is 11.0. The smallest absolute Gasteiger partial charge is 0.00186 e. The molecule has 0 heterocycles. The summed E-state index contributed by atoms with van der Waals surface area (Å²) < 4.78 is 0. The van der Waals surface area contributed by atoms with E-state index in [9.17, 15) is 0 Å². The highest BCUT2D eigenvalue weighted by Crippen LogP contribution is 2.06. The predicted octanol–water partition coefficient (Wildman–Crippen LogP) is 4.13. The van der Waals surface area contributed by atoms with Gasteiger partial charge in [0, 0.05) is 0 Å². The van der Waals surface area contributed by atoms with Crippen LogP contribution in [-0.4, -0.2) is 24.5 Å². The summed E-state index contributed by atoms with van der Waals surface area (Å²) in [6.07, 6.45) is 6.42. The van der Waals surface area contributed by atoms with Crippen molar-refractivity contribution in [3.05, 3.63) is 35.9 Å². The van der Waals surface area contributed by atoms with Crippen molar-refractivity contribution in [3.8, 4) is 0 Å². The zero-order valence-corrected chi connectivity index (χ0v) is 11.5. The van der Waals surface area contributed by atoms with Crippen LogP contribution in [0.15, 0.2) is 30.3 Å². The summed E-state index contributed by atoms with van der Waals surface area (Å²) in [4.78, 5) is 2.60. The van der Waals surface area contributed by atoms with Gasteiger partial charge in [-0.3, -0.25) is 0 Å². The van der Waals surface area contributed by atoms with E-state index in [1.165, 1.54) is 57.3 Å². The molecule has 0 aliphatic rings. The molecule has 1 nitrogen and oxygen atoms in total. The van der Waals surface area contributed by atoms with E-state index in [2.05, 4.69) is 49.1 Å². The van der Waals surface area contributed by atoms with Crippen LogP contribution in [0.3, 0.4) is 0 Å². The number of benzene rings is 1. The second-order valence-corrected chi connectivity index (χ2v) is 4.78. The Bertz CT molecular complexity index is 262. The molecule has 1 heteroatoms. The van der Waals surface area contributed by atoms with Crippen LogP contribution in [0.2, 0.25) is 0 Å². The molecule has 0 bridgehead atoms. The lowest BCUT2D eigenvalue weighted by molar-refractivity contribution is 0.269. The topological polar surface area (TPSA) is 3.24 Å². The summed E-state index contributed by atoms with van der Waals surface area (Å²) >= 11 is 0. The predicted molar refractivity (Wildman–Crippen MR) is 76.4 cm³/mol. The van der Waals surface area contributed by atoms with Crippen LogP contribution in [0.25, 0.3) is 0 Å². The SMILES string of the molecule is CCCN(CCC)CCCCc1ccccc1. The van der Waals surface area contributed by atoms with Gasteiger partial charge in [0.25, 0.3) is 0 Å². The molecule has 0 radical (unpaired) electrons. The van der Waals surface area contributed by atoms with E-state index in [0.29, 0.717) is 0 Å². The van der Waals surface area contributed by atoms with Gasteiger partial charge in [0.05, 0.1) is 0 Å². The van der Waals surface area contributed by atoms with E-state index in [0.717, 1.165) is 0 Å². The molecule has 0 saturated carbocycles. The van der Waals surface area contributed by atoms with Crippen molar-refractivity contribution in [1.82, 2.24) is 4.90 Å². The fourth-order valence-electron chi connectivity index (χ4n) is 2.28. The van der Waals surface area contributed by atoms with Crippen LogP contribution in [0, 0.1) is 0 Å². The molecular weight excluding hydrogens is 206 g/mol. The fraction of sp³-hybridized carbons (Fsp3) is 0.625. The summed E-state index contributed by atoms with van der Waals surface area (Å²) in [5.41, 5.74) is 1.48. The lowest BCUT2D eigenvalue weighted by Crippen LogP contribution is -2.26. The molecule has 0 saturated heterocycles. The van der Waals surface area contributed by atoms with Crippen molar-refractivity contribution in [1.29, 1.82) is 0 Å². The molecule has 0 aliphatic carbocycles. The average molecular weight is 233 g/mol. The van der Waals surface area contributed by atoms with Crippen molar-refractivity contribution in [3.63, 3.8) is 0 Å². The maximum atomic E-state index is 2.60. The molecule has 1 rings (SSSR count). The molecule has 0 unspecified atom stereocenters. The molecule has 96 valence electrons. The highest BCUT2D eigenvalue weighted by molar-refractivity contribution is 5.14. The third-order valence-electron chi connectivity index (χ3n) is 3.11.